The normalized spacial score (nSPS) is 31.0. The predicted octanol–water partition coefficient (Wildman–Crippen LogP) is -0.544. The second kappa shape index (κ2) is 4.95. The lowest BCUT2D eigenvalue weighted by molar-refractivity contribution is -0.124. The number of ketones is 1. The van der Waals surface area contributed by atoms with Gasteiger partial charge < -0.3 is 11.1 Å². The van der Waals surface area contributed by atoms with Gasteiger partial charge in [0.15, 0.2) is 5.78 Å². The minimum Gasteiger partial charge on any atom is -0.369 e. The predicted molar refractivity (Wildman–Crippen MR) is 62.0 cm³/mol. The number of piperazine rings is 1. The van der Waals surface area contributed by atoms with E-state index in [9.17, 15) is 9.59 Å². The van der Waals surface area contributed by atoms with E-state index in [4.69, 9.17) is 17.3 Å². The zero-order chi connectivity index (χ0) is 12.3. The number of carbonyl (C=O) groups excluding carboxylic acids is 2. The summed E-state index contributed by atoms with van der Waals surface area (Å²) in [6, 6.07) is -0.570. The molecular weight excluding hydrogens is 230 g/mol. The number of hydrogen-bond donors (Lipinski definition) is 2. The Labute approximate surface area is 99.6 Å². The first-order chi connectivity index (χ1) is 7.39. The van der Waals surface area contributed by atoms with Gasteiger partial charge in [-0.2, -0.15) is 0 Å². The molecule has 1 saturated heterocycles. The van der Waals surface area contributed by atoms with Gasteiger partial charge in [-0.15, -0.1) is 0 Å². The van der Waals surface area contributed by atoms with Crippen LogP contribution in [0.1, 0.15) is 6.92 Å². The molecule has 0 aromatic heterocycles. The van der Waals surface area contributed by atoms with Crippen molar-refractivity contribution >= 4 is 23.3 Å². The van der Waals surface area contributed by atoms with Gasteiger partial charge >= 0.3 is 0 Å². The number of nitrogens with one attached hydrogen (secondary N) is 1. The van der Waals surface area contributed by atoms with E-state index < -0.39 is 16.9 Å². The lowest BCUT2D eigenvalue weighted by Gasteiger charge is -2.44. The Morgan fingerprint density at radius 1 is 1.75 bits per heavy atom. The number of halogens is 1. The van der Waals surface area contributed by atoms with Crippen molar-refractivity contribution in [1.29, 1.82) is 0 Å². The van der Waals surface area contributed by atoms with E-state index in [0.717, 1.165) is 0 Å². The number of nitrogens with two attached hydrogens (primary N) is 1. The Hall–Kier alpha value is -0.910. The molecule has 0 spiro atoms. The van der Waals surface area contributed by atoms with Gasteiger partial charge in [0.05, 0.1) is 6.54 Å². The van der Waals surface area contributed by atoms with Crippen LogP contribution >= 0.6 is 11.6 Å². The summed E-state index contributed by atoms with van der Waals surface area (Å²) in [5.74, 6) is -0.648. The lowest BCUT2D eigenvalue weighted by Crippen LogP contribution is -2.66. The van der Waals surface area contributed by atoms with Crippen molar-refractivity contribution in [2.75, 3.05) is 19.6 Å². The van der Waals surface area contributed by atoms with Gasteiger partial charge in [0.2, 0.25) is 5.91 Å². The summed E-state index contributed by atoms with van der Waals surface area (Å²) in [5, 5.41) is 3.02. The Kier molecular flexibility index (Phi) is 4.07. The van der Waals surface area contributed by atoms with E-state index >= 15 is 0 Å². The number of rotatable bonds is 4. The summed E-state index contributed by atoms with van der Waals surface area (Å²) in [6.07, 6.45) is 1.23. The van der Waals surface area contributed by atoms with E-state index in [0.29, 0.717) is 13.1 Å². The van der Waals surface area contributed by atoms with Crippen LogP contribution in [-0.4, -0.2) is 47.3 Å². The summed E-state index contributed by atoms with van der Waals surface area (Å²) in [7, 11) is 0. The summed E-state index contributed by atoms with van der Waals surface area (Å²) >= 11 is 6.31. The smallest absolute Gasteiger partial charge is 0.231 e. The van der Waals surface area contributed by atoms with Crippen LogP contribution in [0.5, 0.6) is 0 Å². The second-order valence-electron chi connectivity index (χ2n) is 3.91. The van der Waals surface area contributed by atoms with Crippen molar-refractivity contribution in [3.8, 4) is 0 Å². The van der Waals surface area contributed by atoms with Gasteiger partial charge in [-0.1, -0.05) is 18.2 Å². The number of hydrogen-bond acceptors (Lipinski definition) is 4. The fourth-order valence-electron chi connectivity index (χ4n) is 1.83. The highest BCUT2D eigenvalue weighted by Gasteiger charge is 2.44. The molecule has 3 N–H and O–H groups in total. The molecule has 16 heavy (non-hydrogen) atoms. The summed E-state index contributed by atoms with van der Waals surface area (Å²) in [6.45, 7) is 6.32. The molecule has 0 aromatic carbocycles. The van der Waals surface area contributed by atoms with Crippen molar-refractivity contribution in [2.24, 2.45) is 5.73 Å². The highest BCUT2D eigenvalue weighted by atomic mass is 35.5. The molecule has 1 aliphatic rings. The van der Waals surface area contributed by atoms with Crippen molar-refractivity contribution in [3.63, 3.8) is 0 Å². The van der Waals surface area contributed by atoms with E-state index in [1.807, 2.05) is 0 Å². The Balaban J connectivity index is 2.86. The Bertz CT molecular complexity index is 317. The lowest BCUT2D eigenvalue weighted by atomic mass is 10.00. The SMILES string of the molecule is C=CC(=O)C1NCCN(CC(N)=O)C1(C)Cl. The fraction of sp³-hybridized carbons (Fsp3) is 0.600. The van der Waals surface area contributed by atoms with E-state index in [-0.39, 0.29) is 12.3 Å². The third kappa shape index (κ3) is 2.61. The van der Waals surface area contributed by atoms with Gasteiger partial charge in [-0.25, -0.2) is 0 Å². The number of amides is 1. The largest absolute Gasteiger partial charge is 0.369 e. The van der Waals surface area contributed by atoms with Crippen molar-refractivity contribution < 1.29 is 9.59 Å². The van der Waals surface area contributed by atoms with Crippen LogP contribution in [0.25, 0.3) is 0 Å². The van der Waals surface area contributed by atoms with Crippen molar-refractivity contribution in [3.05, 3.63) is 12.7 Å². The van der Waals surface area contributed by atoms with Crippen LogP contribution in [0, 0.1) is 0 Å². The summed E-state index contributed by atoms with van der Waals surface area (Å²) in [4.78, 5) is 23.2. The average molecular weight is 246 g/mol. The summed E-state index contributed by atoms with van der Waals surface area (Å²) in [5.41, 5.74) is 5.13. The maximum Gasteiger partial charge on any atom is 0.231 e. The van der Waals surface area contributed by atoms with Gasteiger partial charge in [0.25, 0.3) is 0 Å². The van der Waals surface area contributed by atoms with Crippen LogP contribution < -0.4 is 11.1 Å². The van der Waals surface area contributed by atoms with Crippen LogP contribution in [-0.2, 0) is 9.59 Å². The van der Waals surface area contributed by atoms with E-state index in [1.165, 1.54) is 6.08 Å². The van der Waals surface area contributed by atoms with Gasteiger partial charge in [0, 0.05) is 13.1 Å². The first-order valence-electron chi connectivity index (χ1n) is 5.01. The molecule has 0 saturated carbocycles. The Morgan fingerprint density at radius 2 is 2.38 bits per heavy atom. The van der Waals surface area contributed by atoms with Crippen LogP contribution in [0.3, 0.4) is 0 Å². The monoisotopic (exact) mass is 245 g/mol. The van der Waals surface area contributed by atoms with E-state index in [2.05, 4.69) is 11.9 Å². The molecule has 5 nitrogen and oxygen atoms in total. The van der Waals surface area contributed by atoms with E-state index in [1.54, 1.807) is 11.8 Å². The molecule has 2 unspecified atom stereocenters. The third-order valence-corrected chi connectivity index (χ3v) is 3.17. The zero-order valence-electron chi connectivity index (χ0n) is 9.20. The topological polar surface area (TPSA) is 75.4 Å². The number of carbonyl (C=O) groups is 2. The molecule has 0 aliphatic carbocycles. The minimum absolute atomic E-state index is 0.0442. The number of alkyl halides is 1. The van der Waals surface area contributed by atoms with Crippen LogP contribution in [0.2, 0.25) is 0 Å². The molecule has 0 aromatic rings. The van der Waals surface area contributed by atoms with Gasteiger partial charge in [-0.05, 0) is 13.0 Å². The molecule has 1 aliphatic heterocycles. The molecule has 1 heterocycles. The molecule has 1 fully saturated rings. The molecule has 90 valence electrons. The van der Waals surface area contributed by atoms with Crippen LogP contribution in [0.15, 0.2) is 12.7 Å². The number of primary amides is 1. The standard InChI is InChI=1S/C10H16ClN3O2/c1-3-7(15)9-10(2,11)14(5-4-13-9)6-8(12)16/h3,9,13H,1,4-6H2,2H3,(H2,12,16). The minimum atomic E-state index is -0.960. The maximum atomic E-state index is 11.6. The van der Waals surface area contributed by atoms with Crippen LogP contribution in [0.4, 0.5) is 0 Å². The van der Waals surface area contributed by atoms with Gasteiger partial charge in [0.1, 0.15) is 11.0 Å². The Morgan fingerprint density at radius 3 is 2.88 bits per heavy atom. The highest BCUT2D eigenvalue weighted by Crippen LogP contribution is 2.27. The maximum absolute atomic E-state index is 11.6. The molecule has 1 amide bonds. The van der Waals surface area contributed by atoms with Gasteiger partial charge in [-0.3, -0.25) is 14.5 Å². The van der Waals surface area contributed by atoms with Crippen molar-refractivity contribution in [2.45, 2.75) is 18.0 Å². The highest BCUT2D eigenvalue weighted by molar-refractivity contribution is 6.26. The molecular formula is C10H16ClN3O2. The quantitative estimate of drug-likeness (QED) is 0.396. The molecule has 6 heteroatoms. The molecule has 0 radical (unpaired) electrons. The average Bonchev–Trinajstić information content (AvgIpc) is 2.19. The van der Waals surface area contributed by atoms with Crippen molar-refractivity contribution in [1.82, 2.24) is 10.2 Å². The molecule has 2 atom stereocenters. The first-order valence-corrected chi connectivity index (χ1v) is 5.39. The number of nitrogens with zero attached hydrogens (tertiary/aromatic N) is 1. The molecule has 1 rings (SSSR count). The first kappa shape index (κ1) is 13.2. The third-order valence-electron chi connectivity index (χ3n) is 2.71. The summed E-state index contributed by atoms with van der Waals surface area (Å²) < 4.78 is 0. The fourth-order valence-corrected chi connectivity index (χ4v) is 2.16. The molecule has 0 bridgehead atoms. The zero-order valence-corrected chi connectivity index (χ0v) is 9.96. The second-order valence-corrected chi connectivity index (χ2v) is 4.67.